The molecule has 0 bridgehead atoms. The molecular weight excluding hydrogens is 290 g/mol. The normalized spacial score (nSPS) is 17.8. The third-order valence-electron chi connectivity index (χ3n) is 4.15. The first-order chi connectivity index (χ1) is 10.2. The van der Waals surface area contributed by atoms with E-state index < -0.39 is 5.60 Å². The minimum atomic E-state index is -0.448. The van der Waals surface area contributed by atoms with Crippen LogP contribution < -0.4 is 5.73 Å². The van der Waals surface area contributed by atoms with E-state index in [4.69, 9.17) is 26.6 Å². The maximum Gasteiger partial charge on any atom is 0.261 e. The highest BCUT2D eigenvalue weighted by molar-refractivity contribution is 6.33. The Labute approximate surface area is 128 Å². The molecule has 1 aromatic carbocycles. The molecule has 0 spiro atoms. The van der Waals surface area contributed by atoms with Gasteiger partial charge in [-0.15, -0.1) is 0 Å². The van der Waals surface area contributed by atoms with Gasteiger partial charge in [-0.1, -0.05) is 42.1 Å². The van der Waals surface area contributed by atoms with E-state index in [1.54, 1.807) is 25.3 Å². The first-order valence-electron chi connectivity index (χ1n) is 7.10. The molecule has 1 aromatic heterocycles. The van der Waals surface area contributed by atoms with Crippen molar-refractivity contribution in [3.8, 4) is 11.5 Å². The highest BCUT2D eigenvalue weighted by Gasteiger charge is 2.38. The van der Waals surface area contributed by atoms with Crippen LogP contribution in [0.15, 0.2) is 22.7 Å². The number of benzene rings is 1. The number of rotatable bonds is 3. The zero-order valence-electron chi connectivity index (χ0n) is 11.9. The summed E-state index contributed by atoms with van der Waals surface area (Å²) in [6, 6.07) is 5.30. The molecule has 0 aliphatic heterocycles. The molecule has 1 aliphatic rings. The molecule has 1 saturated carbocycles. The molecule has 6 heteroatoms. The van der Waals surface area contributed by atoms with Gasteiger partial charge in [-0.05, 0) is 25.0 Å². The molecule has 0 radical (unpaired) electrons. The number of nitrogens with two attached hydrogens (primary N) is 1. The Morgan fingerprint density at radius 3 is 2.71 bits per heavy atom. The van der Waals surface area contributed by atoms with Crippen molar-refractivity contribution in [2.24, 2.45) is 0 Å². The third-order valence-corrected chi connectivity index (χ3v) is 4.46. The molecule has 112 valence electrons. The zero-order valence-corrected chi connectivity index (χ0v) is 12.7. The summed E-state index contributed by atoms with van der Waals surface area (Å²) in [4.78, 5) is 4.50. The quantitative estimate of drug-likeness (QED) is 0.873. The fourth-order valence-electron chi connectivity index (χ4n) is 2.92. The molecule has 2 aromatic rings. The van der Waals surface area contributed by atoms with Crippen molar-refractivity contribution in [3.05, 3.63) is 29.0 Å². The number of aromatic nitrogens is 2. The van der Waals surface area contributed by atoms with Gasteiger partial charge in [-0.2, -0.15) is 4.98 Å². The predicted octanol–water partition coefficient (Wildman–Crippen LogP) is 3.78. The predicted molar refractivity (Wildman–Crippen MR) is 80.9 cm³/mol. The summed E-state index contributed by atoms with van der Waals surface area (Å²) in [7, 11) is 1.70. The number of halogens is 1. The summed E-state index contributed by atoms with van der Waals surface area (Å²) in [5, 5.41) is 4.62. The lowest BCUT2D eigenvalue weighted by Gasteiger charge is -2.32. The van der Waals surface area contributed by atoms with Gasteiger partial charge < -0.3 is 15.0 Å². The molecule has 1 aliphatic carbocycles. The summed E-state index contributed by atoms with van der Waals surface area (Å²) in [6.07, 6.45) is 5.23. The first-order valence-corrected chi connectivity index (χ1v) is 7.48. The molecule has 0 atom stereocenters. The molecule has 1 heterocycles. The van der Waals surface area contributed by atoms with Gasteiger partial charge in [0.05, 0.1) is 10.6 Å². The molecule has 3 rings (SSSR count). The Hall–Kier alpha value is -1.59. The van der Waals surface area contributed by atoms with Gasteiger partial charge in [0.25, 0.3) is 5.89 Å². The fraction of sp³-hybridized carbons (Fsp3) is 0.467. The van der Waals surface area contributed by atoms with Crippen LogP contribution in [0.4, 0.5) is 5.69 Å². The Morgan fingerprint density at radius 2 is 2.05 bits per heavy atom. The summed E-state index contributed by atoms with van der Waals surface area (Å²) in [5.41, 5.74) is 6.62. The molecule has 5 nitrogen and oxygen atoms in total. The van der Waals surface area contributed by atoms with Crippen molar-refractivity contribution in [3.63, 3.8) is 0 Å². The van der Waals surface area contributed by atoms with Crippen molar-refractivity contribution < 1.29 is 9.26 Å². The van der Waals surface area contributed by atoms with Crippen molar-refractivity contribution in [2.75, 3.05) is 12.8 Å². The van der Waals surface area contributed by atoms with E-state index >= 15 is 0 Å². The molecule has 0 saturated heterocycles. The number of nitrogens with zero attached hydrogens (tertiary/aromatic N) is 2. The molecule has 0 amide bonds. The summed E-state index contributed by atoms with van der Waals surface area (Å²) >= 11 is 6.19. The van der Waals surface area contributed by atoms with E-state index in [9.17, 15) is 0 Å². The van der Waals surface area contributed by atoms with Gasteiger partial charge in [0.15, 0.2) is 0 Å². The second-order valence-electron chi connectivity index (χ2n) is 5.39. The van der Waals surface area contributed by atoms with Gasteiger partial charge in [-0.25, -0.2) is 0 Å². The van der Waals surface area contributed by atoms with Gasteiger partial charge in [0, 0.05) is 12.8 Å². The molecule has 0 unspecified atom stereocenters. The molecule has 2 N–H and O–H groups in total. The molecular formula is C15H18ClN3O2. The van der Waals surface area contributed by atoms with Gasteiger partial charge >= 0.3 is 0 Å². The van der Waals surface area contributed by atoms with E-state index in [1.807, 2.05) is 0 Å². The SMILES string of the molecule is COC1(c2noc(-c3c(N)cccc3Cl)n2)CCCCC1. The van der Waals surface area contributed by atoms with Gasteiger partial charge in [0.1, 0.15) is 5.60 Å². The Morgan fingerprint density at radius 1 is 1.29 bits per heavy atom. The van der Waals surface area contributed by atoms with Crippen molar-refractivity contribution in [2.45, 2.75) is 37.7 Å². The second-order valence-corrected chi connectivity index (χ2v) is 5.79. The number of nitrogen functional groups attached to an aromatic ring is 1. The van der Waals surface area contributed by atoms with E-state index in [2.05, 4.69) is 10.1 Å². The summed E-state index contributed by atoms with van der Waals surface area (Å²) < 4.78 is 11.1. The van der Waals surface area contributed by atoms with Crippen LogP contribution in [0.25, 0.3) is 11.5 Å². The lowest BCUT2D eigenvalue weighted by atomic mass is 9.84. The number of hydrogen-bond donors (Lipinski definition) is 1. The van der Waals surface area contributed by atoms with E-state index in [-0.39, 0.29) is 0 Å². The zero-order chi connectivity index (χ0) is 14.9. The number of anilines is 1. The Bertz CT molecular complexity index is 615. The Kier molecular flexibility index (Phi) is 3.87. The van der Waals surface area contributed by atoms with Crippen LogP contribution in [0.3, 0.4) is 0 Å². The minimum absolute atomic E-state index is 0.343. The molecule has 1 fully saturated rings. The maximum absolute atomic E-state index is 6.19. The maximum atomic E-state index is 6.19. The number of hydrogen-bond acceptors (Lipinski definition) is 5. The second kappa shape index (κ2) is 5.66. The van der Waals surface area contributed by atoms with Crippen LogP contribution in [0, 0.1) is 0 Å². The fourth-order valence-corrected chi connectivity index (χ4v) is 3.18. The average Bonchev–Trinajstić information content (AvgIpc) is 2.98. The van der Waals surface area contributed by atoms with E-state index in [0.717, 1.165) is 25.7 Å². The van der Waals surface area contributed by atoms with Crippen molar-refractivity contribution in [1.82, 2.24) is 10.1 Å². The van der Waals surface area contributed by atoms with E-state index in [1.165, 1.54) is 6.42 Å². The van der Waals surface area contributed by atoms with Crippen molar-refractivity contribution in [1.29, 1.82) is 0 Å². The lowest BCUT2D eigenvalue weighted by molar-refractivity contribution is -0.0527. The highest BCUT2D eigenvalue weighted by atomic mass is 35.5. The monoisotopic (exact) mass is 307 g/mol. The lowest BCUT2D eigenvalue weighted by Crippen LogP contribution is -2.32. The van der Waals surface area contributed by atoms with Crippen LogP contribution in [0.2, 0.25) is 5.02 Å². The first kappa shape index (κ1) is 14.4. The third kappa shape index (κ3) is 2.51. The highest BCUT2D eigenvalue weighted by Crippen LogP contribution is 2.40. The van der Waals surface area contributed by atoms with E-state index in [0.29, 0.717) is 28.0 Å². The van der Waals surface area contributed by atoms with Crippen LogP contribution >= 0.6 is 11.6 Å². The topological polar surface area (TPSA) is 74.2 Å². The standard InChI is InChI=1S/C15H18ClN3O2/c1-20-15(8-3-2-4-9-15)14-18-13(21-19-14)12-10(16)6-5-7-11(12)17/h5-7H,2-4,8-9,17H2,1H3. The number of ether oxygens (including phenoxy) is 1. The van der Waals surface area contributed by atoms with Gasteiger partial charge in [0.2, 0.25) is 5.82 Å². The largest absolute Gasteiger partial charge is 0.398 e. The average molecular weight is 308 g/mol. The summed E-state index contributed by atoms with van der Waals surface area (Å²) in [6.45, 7) is 0. The van der Waals surface area contributed by atoms with Crippen LogP contribution in [0.1, 0.15) is 37.9 Å². The van der Waals surface area contributed by atoms with Crippen LogP contribution in [0.5, 0.6) is 0 Å². The molecule has 21 heavy (non-hydrogen) atoms. The van der Waals surface area contributed by atoms with Gasteiger partial charge in [-0.3, -0.25) is 0 Å². The van der Waals surface area contributed by atoms with Crippen molar-refractivity contribution >= 4 is 17.3 Å². The Balaban J connectivity index is 2.00. The minimum Gasteiger partial charge on any atom is -0.398 e. The number of methoxy groups -OCH3 is 1. The summed E-state index contributed by atoms with van der Waals surface area (Å²) in [5.74, 6) is 0.925. The van der Waals surface area contributed by atoms with Crippen LogP contribution in [-0.2, 0) is 10.3 Å². The van der Waals surface area contributed by atoms with Crippen LogP contribution in [-0.4, -0.2) is 17.3 Å². The smallest absolute Gasteiger partial charge is 0.261 e.